The lowest BCUT2D eigenvalue weighted by atomic mass is 10.1. The lowest BCUT2D eigenvalue weighted by Crippen LogP contribution is -2.43. The van der Waals surface area contributed by atoms with Crippen molar-refractivity contribution in [2.24, 2.45) is 0 Å². The van der Waals surface area contributed by atoms with Crippen LogP contribution in [0.15, 0.2) is 46.4 Å². The van der Waals surface area contributed by atoms with Crippen LogP contribution in [-0.4, -0.2) is 33.7 Å². The molecule has 0 saturated carbocycles. The maximum absolute atomic E-state index is 12.6. The van der Waals surface area contributed by atoms with Gasteiger partial charge in [-0.1, -0.05) is 17.7 Å². The van der Waals surface area contributed by atoms with E-state index in [9.17, 15) is 14.4 Å². The standard InChI is InChI=1S/C20H16N2O5S/c1-11-5-6-14-15(8-11)19(24)22(18(14)23)12(2)20(25)27-10-13-9-26-17(21-13)16-4-3-7-28-16/h3-9,12H,10H2,1-2H3. The van der Waals surface area contributed by atoms with Crippen LogP contribution >= 0.6 is 11.3 Å². The normalized spacial score (nSPS) is 14.3. The molecule has 1 aliphatic heterocycles. The van der Waals surface area contributed by atoms with Crippen molar-refractivity contribution in [3.8, 4) is 10.8 Å². The van der Waals surface area contributed by atoms with Crippen LogP contribution in [0.25, 0.3) is 10.8 Å². The number of fused-ring (bicyclic) bond motifs is 1. The summed E-state index contributed by atoms with van der Waals surface area (Å²) in [5.41, 5.74) is 1.92. The monoisotopic (exact) mass is 396 g/mol. The summed E-state index contributed by atoms with van der Waals surface area (Å²) in [6.07, 6.45) is 1.41. The van der Waals surface area contributed by atoms with Gasteiger partial charge < -0.3 is 9.15 Å². The van der Waals surface area contributed by atoms with Gasteiger partial charge in [-0.05, 0) is 37.4 Å². The fraction of sp³-hybridized carbons (Fsp3) is 0.200. The molecule has 3 heterocycles. The first kappa shape index (κ1) is 18.1. The minimum absolute atomic E-state index is 0.111. The number of oxazole rings is 1. The first-order valence-electron chi connectivity index (χ1n) is 8.59. The first-order chi connectivity index (χ1) is 13.5. The molecule has 142 valence electrons. The number of esters is 1. The van der Waals surface area contributed by atoms with Gasteiger partial charge >= 0.3 is 5.97 Å². The number of hydrogen-bond acceptors (Lipinski definition) is 7. The number of nitrogens with zero attached hydrogens (tertiary/aromatic N) is 2. The molecular weight excluding hydrogens is 380 g/mol. The molecule has 0 aliphatic carbocycles. The van der Waals surface area contributed by atoms with Crippen LogP contribution in [0.3, 0.4) is 0 Å². The lowest BCUT2D eigenvalue weighted by Gasteiger charge is -2.20. The molecule has 8 heteroatoms. The van der Waals surface area contributed by atoms with E-state index in [1.54, 1.807) is 18.2 Å². The average molecular weight is 396 g/mol. The summed E-state index contributed by atoms with van der Waals surface area (Å²) in [4.78, 5) is 43.6. The van der Waals surface area contributed by atoms with E-state index in [4.69, 9.17) is 9.15 Å². The Labute approximate surface area is 164 Å². The molecule has 0 saturated heterocycles. The van der Waals surface area contributed by atoms with Crippen LogP contribution in [0.1, 0.15) is 38.9 Å². The number of hydrogen-bond donors (Lipinski definition) is 0. The zero-order valence-corrected chi connectivity index (χ0v) is 16.0. The number of aromatic nitrogens is 1. The maximum Gasteiger partial charge on any atom is 0.329 e. The topological polar surface area (TPSA) is 89.7 Å². The van der Waals surface area contributed by atoms with Crippen LogP contribution in [0.4, 0.5) is 0 Å². The Morgan fingerprint density at radius 2 is 2.04 bits per heavy atom. The van der Waals surface area contributed by atoms with Crippen molar-refractivity contribution in [1.82, 2.24) is 9.88 Å². The summed E-state index contributed by atoms with van der Waals surface area (Å²) in [5.74, 6) is -1.22. The van der Waals surface area contributed by atoms with E-state index < -0.39 is 23.8 Å². The van der Waals surface area contributed by atoms with E-state index in [2.05, 4.69) is 4.98 Å². The van der Waals surface area contributed by atoms with Crippen molar-refractivity contribution in [3.63, 3.8) is 0 Å². The number of imide groups is 1. The van der Waals surface area contributed by atoms with Crippen LogP contribution in [0.5, 0.6) is 0 Å². The highest BCUT2D eigenvalue weighted by Gasteiger charge is 2.41. The summed E-state index contributed by atoms with van der Waals surface area (Å²) < 4.78 is 10.6. The molecule has 4 rings (SSSR count). The number of carbonyl (C=O) groups excluding carboxylic acids is 3. The summed E-state index contributed by atoms with van der Waals surface area (Å²) in [7, 11) is 0. The predicted octanol–water partition coefficient (Wildman–Crippen LogP) is 3.44. The van der Waals surface area contributed by atoms with Crippen molar-refractivity contribution in [1.29, 1.82) is 0 Å². The van der Waals surface area contributed by atoms with Gasteiger partial charge in [-0.15, -0.1) is 11.3 Å². The molecule has 2 aromatic heterocycles. The number of benzene rings is 1. The molecule has 7 nitrogen and oxygen atoms in total. The Hall–Kier alpha value is -3.26. The molecule has 0 N–H and O–H groups in total. The molecule has 3 aromatic rings. The predicted molar refractivity (Wildman–Crippen MR) is 101 cm³/mol. The highest BCUT2D eigenvalue weighted by Crippen LogP contribution is 2.27. The Morgan fingerprint density at radius 1 is 1.25 bits per heavy atom. The van der Waals surface area contributed by atoms with Gasteiger partial charge in [0, 0.05) is 0 Å². The van der Waals surface area contributed by atoms with E-state index in [-0.39, 0.29) is 6.61 Å². The number of aryl methyl sites for hydroxylation is 1. The molecule has 0 spiro atoms. The second-order valence-electron chi connectivity index (χ2n) is 6.43. The molecule has 1 unspecified atom stereocenters. The second-order valence-corrected chi connectivity index (χ2v) is 7.38. The number of amides is 2. The SMILES string of the molecule is Cc1ccc2c(c1)C(=O)N(C(C)C(=O)OCc1coc(-c3cccs3)n1)C2=O. The molecular formula is C20H16N2O5S. The highest BCUT2D eigenvalue weighted by molar-refractivity contribution is 7.13. The summed E-state index contributed by atoms with van der Waals surface area (Å²) in [5, 5.41) is 1.91. The fourth-order valence-electron chi connectivity index (χ4n) is 2.98. The van der Waals surface area contributed by atoms with E-state index >= 15 is 0 Å². The van der Waals surface area contributed by atoms with Crippen molar-refractivity contribution in [3.05, 3.63) is 64.4 Å². The second kappa shape index (κ2) is 7.05. The summed E-state index contributed by atoms with van der Waals surface area (Å²) >= 11 is 1.49. The zero-order valence-electron chi connectivity index (χ0n) is 15.2. The molecule has 2 amide bonds. The van der Waals surface area contributed by atoms with Crippen LogP contribution in [-0.2, 0) is 16.1 Å². The van der Waals surface area contributed by atoms with Crippen molar-refractivity contribution in [2.45, 2.75) is 26.5 Å². The number of carbonyl (C=O) groups is 3. The van der Waals surface area contributed by atoms with E-state index in [1.165, 1.54) is 24.5 Å². The fourth-order valence-corrected chi connectivity index (χ4v) is 3.64. The lowest BCUT2D eigenvalue weighted by molar-refractivity contribution is -0.149. The van der Waals surface area contributed by atoms with Crippen LogP contribution in [0, 0.1) is 6.92 Å². The quantitative estimate of drug-likeness (QED) is 0.485. The van der Waals surface area contributed by atoms with Gasteiger partial charge in [0.15, 0.2) is 0 Å². The molecule has 1 aliphatic rings. The van der Waals surface area contributed by atoms with Gasteiger partial charge in [-0.3, -0.25) is 14.5 Å². The van der Waals surface area contributed by atoms with Gasteiger partial charge in [-0.2, -0.15) is 0 Å². The summed E-state index contributed by atoms with van der Waals surface area (Å²) in [6.45, 7) is 3.19. The zero-order chi connectivity index (χ0) is 19.8. The Bertz CT molecular complexity index is 1070. The third-order valence-electron chi connectivity index (χ3n) is 4.45. The summed E-state index contributed by atoms with van der Waals surface area (Å²) in [6, 6.07) is 7.72. The molecule has 0 radical (unpaired) electrons. The third kappa shape index (κ3) is 3.11. The average Bonchev–Trinajstić information content (AvgIpc) is 3.40. The van der Waals surface area contributed by atoms with E-state index in [1.807, 2.05) is 24.4 Å². The van der Waals surface area contributed by atoms with Crippen molar-refractivity contribution < 1.29 is 23.5 Å². The Morgan fingerprint density at radius 3 is 2.79 bits per heavy atom. The van der Waals surface area contributed by atoms with E-state index in [0.29, 0.717) is 22.7 Å². The largest absolute Gasteiger partial charge is 0.458 e. The van der Waals surface area contributed by atoms with Gasteiger partial charge in [0.25, 0.3) is 11.8 Å². The highest BCUT2D eigenvalue weighted by atomic mass is 32.1. The first-order valence-corrected chi connectivity index (χ1v) is 9.47. The van der Waals surface area contributed by atoms with Gasteiger partial charge in [0.1, 0.15) is 24.6 Å². The maximum atomic E-state index is 12.6. The third-order valence-corrected chi connectivity index (χ3v) is 5.31. The molecule has 0 bridgehead atoms. The number of thiophene rings is 1. The Balaban J connectivity index is 1.43. The number of ether oxygens (including phenoxy) is 1. The minimum Gasteiger partial charge on any atom is -0.458 e. The van der Waals surface area contributed by atoms with Crippen LogP contribution in [0.2, 0.25) is 0 Å². The number of rotatable bonds is 5. The Kier molecular flexibility index (Phi) is 4.56. The molecule has 0 fully saturated rings. The smallest absolute Gasteiger partial charge is 0.329 e. The van der Waals surface area contributed by atoms with Gasteiger partial charge in [-0.25, -0.2) is 9.78 Å². The van der Waals surface area contributed by atoms with E-state index in [0.717, 1.165) is 15.3 Å². The van der Waals surface area contributed by atoms with Gasteiger partial charge in [0.2, 0.25) is 5.89 Å². The molecule has 1 atom stereocenters. The van der Waals surface area contributed by atoms with Gasteiger partial charge in [0.05, 0.1) is 16.0 Å². The van der Waals surface area contributed by atoms with Crippen molar-refractivity contribution >= 4 is 29.1 Å². The molecule has 1 aromatic carbocycles. The van der Waals surface area contributed by atoms with Crippen LogP contribution < -0.4 is 0 Å². The molecule has 28 heavy (non-hydrogen) atoms. The minimum atomic E-state index is -1.05. The van der Waals surface area contributed by atoms with Crippen molar-refractivity contribution in [2.75, 3.05) is 0 Å².